The number of benzene rings is 1. The van der Waals surface area contributed by atoms with Gasteiger partial charge in [0.25, 0.3) is 0 Å². The van der Waals surface area contributed by atoms with E-state index in [1.807, 2.05) is 0 Å². The predicted octanol–water partition coefficient (Wildman–Crippen LogP) is 1.75. The first kappa shape index (κ1) is 15.8. The van der Waals surface area contributed by atoms with Gasteiger partial charge in [-0.2, -0.15) is 0 Å². The Hall–Kier alpha value is -1.63. The second-order valence-corrected chi connectivity index (χ2v) is 5.22. The van der Waals surface area contributed by atoms with Gasteiger partial charge < -0.3 is 20.5 Å². The number of rotatable bonds is 5. The number of ether oxygens (including phenoxy) is 1. The third-order valence-corrected chi connectivity index (χ3v) is 3.54. The molecule has 114 valence electrons. The van der Waals surface area contributed by atoms with Crippen molar-refractivity contribution >= 4 is 29.2 Å². The molecule has 0 atom stereocenters. The number of amides is 1. The molecule has 1 heterocycles. The second kappa shape index (κ2) is 7.40. The zero-order chi connectivity index (χ0) is 15.2. The summed E-state index contributed by atoms with van der Waals surface area (Å²) >= 11 is 5.94. The van der Waals surface area contributed by atoms with Crippen LogP contribution in [0.25, 0.3) is 0 Å². The van der Waals surface area contributed by atoms with Gasteiger partial charge in [-0.25, -0.2) is 4.79 Å². The van der Waals surface area contributed by atoms with Crippen molar-refractivity contribution in [1.82, 2.24) is 5.32 Å². The Kier molecular flexibility index (Phi) is 5.55. The van der Waals surface area contributed by atoms with Crippen LogP contribution in [0.1, 0.15) is 23.2 Å². The molecule has 0 saturated carbocycles. The van der Waals surface area contributed by atoms with Crippen molar-refractivity contribution in [2.75, 3.05) is 25.0 Å². The summed E-state index contributed by atoms with van der Waals surface area (Å²) in [5, 5.41) is 14.9. The first-order chi connectivity index (χ1) is 10.1. The van der Waals surface area contributed by atoms with Crippen LogP contribution in [0.3, 0.4) is 0 Å². The maximum absolute atomic E-state index is 11.8. The molecule has 0 unspecified atom stereocenters. The number of aromatic carboxylic acids is 1. The number of carbonyl (C=O) groups excluding carboxylic acids is 1. The molecule has 1 fully saturated rings. The minimum absolute atomic E-state index is 0.0400. The number of carbonyl (C=O) groups is 2. The number of carboxylic acids is 1. The highest BCUT2D eigenvalue weighted by atomic mass is 35.5. The van der Waals surface area contributed by atoms with Crippen LogP contribution in [0.5, 0.6) is 0 Å². The smallest absolute Gasteiger partial charge is 0.335 e. The topological polar surface area (TPSA) is 87.7 Å². The van der Waals surface area contributed by atoms with Crippen molar-refractivity contribution < 1.29 is 19.4 Å². The van der Waals surface area contributed by atoms with Gasteiger partial charge in [-0.1, -0.05) is 11.6 Å². The summed E-state index contributed by atoms with van der Waals surface area (Å²) in [5.41, 5.74) is 0.449. The van der Waals surface area contributed by atoms with Crippen LogP contribution < -0.4 is 10.6 Å². The van der Waals surface area contributed by atoms with Crippen LogP contribution in [0.2, 0.25) is 5.02 Å². The first-order valence-electron chi connectivity index (χ1n) is 6.71. The number of hydrogen-bond acceptors (Lipinski definition) is 4. The van der Waals surface area contributed by atoms with Gasteiger partial charge in [0, 0.05) is 0 Å². The largest absolute Gasteiger partial charge is 0.478 e. The average molecular weight is 313 g/mol. The lowest BCUT2D eigenvalue weighted by atomic mass is 10.1. The minimum atomic E-state index is -1.07. The van der Waals surface area contributed by atoms with Gasteiger partial charge in [0.05, 0.1) is 22.4 Å². The van der Waals surface area contributed by atoms with E-state index >= 15 is 0 Å². The van der Waals surface area contributed by atoms with E-state index in [9.17, 15) is 9.59 Å². The van der Waals surface area contributed by atoms with Crippen LogP contribution in [0.4, 0.5) is 5.69 Å². The van der Waals surface area contributed by atoms with Crippen LogP contribution >= 0.6 is 11.6 Å². The van der Waals surface area contributed by atoms with Crippen molar-refractivity contribution in [1.29, 1.82) is 0 Å². The molecule has 1 amide bonds. The molecule has 1 aliphatic rings. The van der Waals surface area contributed by atoms with Gasteiger partial charge in [0.1, 0.15) is 6.61 Å². The summed E-state index contributed by atoms with van der Waals surface area (Å²) in [6.45, 7) is 1.76. The van der Waals surface area contributed by atoms with E-state index in [1.165, 1.54) is 18.2 Å². The highest BCUT2D eigenvalue weighted by molar-refractivity contribution is 6.34. The summed E-state index contributed by atoms with van der Waals surface area (Å²) in [6.07, 6.45) is 1.88. The molecule has 0 aromatic heterocycles. The van der Waals surface area contributed by atoms with Crippen molar-refractivity contribution in [3.63, 3.8) is 0 Å². The van der Waals surface area contributed by atoms with Crippen molar-refractivity contribution in [3.8, 4) is 0 Å². The summed E-state index contributed by atoms with van der Waals surface area (Å²) in [6, 6.07) is 4.15. The van der Waals surface area contributed by atoms with Crippen LogP contribution in [0.15, 0.2) is 18.2 Å². The van der Waals surface area contributed by atoms with Crippen LogP contribution in [-0.2, 0) is 9.53 Å². The fourth-order valence-electron chi connectivity index (χ4n) is 2.09. The number of nitrogens with one attached hydrogen (secondary N) is 2. The van der Waals surface area contributed by atoms with E-state index in [0.29, 0.717) is 5.69 Å². The summed E-state index contributed by atoms with van der Waals surface area (Å²) in [4.78, 5) is 22.6. The third kappa shape index (κ3) is 4.70. The fraction of sp³-hybridized carbons (Fsp3) is 0.429. The highest BCUT2D eigenvalue weighted by Gasteiger charge is 2.15. The lowest BCUT2D eigenvalue weighted by Gasteiger charge is -2.22. The first-order valence-corrected chi connectivity index (χ1v) is 7.09. The fourth-order valence-corrected chi connectivity index (χ4v) is 2.32. The molecule has 1 saturated heterocycles. The van der Waals surface area contributed by atoms with Gasteiger partial charge >= 0.3 is 5.97 Å². The van der Waals surface area contributed by atoms with Gasteiger partial charge in [-0.3, -0.25) is 4.79 Å². The van der Waals surface area contributed by atoms with E-state index in [1.54, 1.807) is 0 Å². The standard InChI is InChI=1S/C14H17ClN2O4/c15-11-7-9(14(19)20)1-2-12(11)17-13(18)8-21-10-3-5-16-6-4-10/h1-2,7,10,16H,3-6,8H2,(H,17,18)(H,19,20). The Labute approximate surface area is 127 Å². The number of carboxylic acid groups (broad SMARTS) is 1. The van der Waals surface area contributed by atoms with Gasteiger partial charge in [0.2, 0.25) is 5.91 Å². The molecule has 0 bridgehead atoms. The molecule has 7 heteroatoms. The zero-order valence-electron chi connectivity index (χ0n) is 11.4. The molecule has 0 aliphatic carbocycles. The quantitative estimate of drug-likeness (QED) is 0.771. The van der Waals surface area contributed by atoms with Gasteiger partial charge in [0.15, 0.2) is 0 Å². The molecule has 1 aliphatic heterocycles. The van der Waals surface area contributed by atoms with Crippen molar-refractivity contribution in [2.45, 2.75) is 18.9 Å². The Bertz CT molecular complexity index is 530. The molecule has 1 aromatic carbocycles. The number of anilines is 1. The molecular formula is C14H17ClN2O4. The maximum atomic E-state index is 11.8. The maximum Gasteiger partial charge on any atom is 0.335 e. The van der Waals surface area contributed by atoms with E-state index in [-0.39, 0.29) is 29.2 Å². The second-order valence-electron chi connectivity index (χ2n) is 4.81. The summed E-state index contributed by atoms with van der Waals surface area (Å²) in [5.74, 6) is -1.37. The average Bonchev–Trinajstić information content (AvgIpc) is 2.48. The summed E-state index contributed by atoms with van der Waals surface area (Å²) < 4.78 is 5.53. The Morgan fingerprint density at radius 3 is 2.71 bits per heavy atom. The molecule has 0 radical (unpaired) electrons. The Morgan fingerprint density at radius 1 is 1.38 bits per heavy atom. The summed E-state index contributed by atoms with van der Waals surface area (Å²) in [7, 11) is 0. The predicted molar refractivity (Wildman–Crippen MR) is 78.9 cm³/mol. The van der Waals surface area contributed by atoms with E-state index in [2.05, 4.69) is 10.6 Å². The van der Waals surface area contributed by atoms with Crippen LogP contribution in [0, 0.1) is 0 Å². The number of piperidine rings is 1. The van der Waals surface area contributed by atoms with E-state index in [4.69, 9.17) is 21.4 Å². The van der Waals surface area contributed by atoms with Crippen LogP contribution in [-0.4, -0.2) is 42.8 Å². The Balaban J connectivity index is 1.85. The lowest BCUT2D eigenvalue weighted by Crippen LogP contribution is -2.34. The van der Waals surface area contributed by atoms with Crippen molar-refractivity contribution in [2.24, 2.45) is 0 Å². The Morgan fingerprint density at radius 2 is 2.10 bits per heavy atom. The van der Waals surface area contributed by atoms with E-state index < -0.39 is 5.97 Å². The van der Waals surface area contributed by atoms with Gasteiger partial charge in [-0.15, -0.1) is 0 Å². The SMILES string of the molecule is O=C(COC1CCNCC1)Nc1ccc(C(=O)O)cc1Cl. The molecular weight excluding hydrogens is 296 g/mol. The van der Waals surface area contributed by atoms with Gasteiger partial charge in [-0.05, 0) is 44.1 Å². The molecule has 0 spiro atoms. The highest BCUT2D eigenvalue weighted by Crippen LogP contribution is 2.23. The molecule has 6 nitrogen and oxygen atoms in total. The molecule has 2 rings (SSSR count). The normalized spacial score (nSPS) is 15.7. The molecule has 1 aromatic rings. The molecule has 21 heavy (non-hydrogen) atoms. The minimum Gasteiger partial charge on any atom is -0.478 e. The number of halogens is 1. The zero-order valence-corrected chi connectivity index (χ0v) is 12.2. The van der Waals surface area contributed by atoms with E-state index in [0.717, 1.165) is 25.9 Å². The number of hydrogen-bond donors (Lipinski definition) is 3. The third-order valence-electron chi connectivity index (χ3n) is 3.23. The molecule has 3 N–H and O–H groups in total. The monoisotopic (exact) mass is 312 g/mol. The van der Waals surface area contributed by atoms with Crippen molar-refractivity contribution in [3.05, 3.63) is 28.8 Å². The lowest BCUT2D eigenvalue weighted by molar-refractivity contribution is -0.123.